The maximum atomic E-state index is 11.9. The molecule has 0 unspecified atom stereocenters. The summed E-state index contributed by atoms with van der Waals surface area (Å²) in [5.41, 5.74) is 5.84. The van der Waals surface area contributed by atoms with Crippen LogP contribution in [0.25, 0.3) is 0 Å². The molecule has 1 amide bonds. The Bertz CT molecular complexity index is 407. The van der Waals surface area contributed by atoms with Crippen molar-refractivity contribution < 1.29 is 4.79 Å². The van der Waals surface area contributed by atoms with E-state index >= 15 is 0 Å². The number of rotatable bonds is 6. The summed E-state index contributed by atoms with van der Waals surface area (Å²) < 4.78 is 0. The molecule has 100 valence electrons. The summed E-state index contributed by atoms with van der Waals surface area (Å²) >= 11 is 1.67. The second-order valence-electron chi connectivity index (χ2n) is 5.09. The highest BCUT2D eigenvalue weighted by atomic mass is 32.1. The summed E-state index contributed by atoms with van der Waals surface area (Å²) in [4.78, 5) is 17.4. The average molecular weight is 267 g/mol. The fraction of sp³-hybridized carbons (Fsp3) is 0.692. The fourth-order valence-electron chi connectivity index (χ4n) is 2.30. The lowest BCUT2D eigenvalue weighted by Gasteiger charge is -2.40. The number of nitrogens with two attached hydrogens (primary N) is 1. The molecule has 3 N–H and O–H groups in total. The third kappa shape index (κ3) is 3.09. The van der Waals surface area contributed by atoms with Crippen LogP contribution in [-0.2, 0) is 17.8 Å². The monoisotopic (exact) mass is 267 g/mol. The van der Waals surface area contributed by atoms with Gasteiger partial charge in [-0.25, -0.2) is 4.98 Å². The highest BCUT2D eigenvalue weighted by molar-refractivity contribution is 7.11. The third-order valence-electron chi connectivity index (χ3n) is 3.77. The molecule has 4 nitrogen and oxygen atoms in total. The number of hydrogen-bond acceptors (Lipinski definition) is 4. The van der Waals surface area contributed by atoms with Crippen LogP contribution in [0.4, 0.5) is 0 Å². The molecule has 0 aromatic carbocycles. The molecule has 18 heavy (non-hydrogen) atoms. The van der Waals surface area contributed by atoms with Crippen LogP contribution in [0.5, 0.6) is 0 Å². The summed E-state index contributed by atoms with van der Waals surface area (Å²) in [6, 6.07) is 0. The van der Waals surface area contributed by atoms with Crippen molar-refractivity contribution in [1.29, 1.82) is 0 Å². The van der Waals surface area contributed by atoms with Crippen molar-refractivity contribution in [3.05, 3.63) is 16.1 Å². The van der Waals surface area contributed by atoms with Gasteiger partial charge in [0.1, 0.15) is 5.01 Å². The Kier molecular flexibility index (Phi) is 4.35. The minimum atomic E-state index is 0.0849. The van der Waals surface area contributed by atoms with Gasteiger partial charge >= 0.3 is 0 Å². The minimum absolute atomic E-state index is 0.0849. The van der Waals surface area contributed by atoms with Crippen molar-refractivity contribution >= 4 is 17.2 Å². The van der Waals surface area contributed by atoms with Crippen LogP contribution in [0.15, 0.2) is 6.20 Å². The molecule has 0 radical (unpaired) electrons. The second kappa shape index (κ2) is 5.80. The van der Waals surface area contributed by atoms with Crippen LogP contribution in [0.1, 0.15) is 42.5 Å². The van der Waals surface area contributed by atoms with Gasteiger partial charge in [-0.15, -0.1) is 11.3 Å². The molecule has 5 heteroatoms. The number of carbonyl (C=O) groups excluding carboxylic acids is 1. The van der Waals surface area contributed by atoms with E-state index in [0.717, 1.165) is 24.3 Å². The molecule has 1 aliphatic carbocycles. The van der Waals surface area contributed by atoms with Crippen molar-refractivity contribution in [2.45, 2.75) is 45.6 Å². The quantitative estimate of drug-likeness (QED) is 0.826. The first-order valence-corrected chi connectivity index (χ1v) is 7.39. The van der Waals surface area contributed by atoms with E-state index in [4.69, 9.17) is 5.73 Å². The van der Waals surface area contributed by atoms with Gasteiger partial charge in [0.05, 0.1) is 6.54 Å². The molecule has 1 heterocycles. The van der Waals surface area contributed by atoms with Crippen LogP contribution in [0.3, 0.4) is 0 Å². The average Bonchev–Trinajstić information content (AvgIpc) is 2.79. The molecule has 1 aromatic heterocycles. The number of aromatic nitrogens is 1. The minimum Gasteiger partial charge on any atom is -0.350 e. The van der Waals surface area contributed by atoms with Crippen LogP contribution < -0.4 is 11.1 Å². The number of amides is 1. The number of aryl methyl sites for hydroxylation is 1. The van der Waals surface area contributed by atoms with Gasteiger partial charge < -0.3 is 11.1 Å². The summed E-state index contributed by atoms with van der Waals surface area (Å²) in [7, 11) is 0. The molecule has 1 saturated carbocycles. The summed E-state index contributed by atoms with van der Waals surface area (Å²) in [6.45, 7) is 3.28. The van der Waals surface area contributed by atoms with E-state index in [9.17, 15) is 4.79 Å². The molecule has 0 bridgehead atoms. The molecule has 0 spiro atoms. The van der Waals surface area contributed by atoms with Crippen LogP contribution in [-0.4, -0.2) is 17.4 Å². The maximum absolute atomic E-state index is 11.9. The first-order valence-electron chi connectivity index (χ1n) is 6.58. The zero-order valence-corrected chi connectivity index (χ0v) is 11.7. The normalized spacial score (nSPS) is 17.2. The van der Waals surface area contributed by atoms with Gasteiger partial charge in [0.25, 0.3) is 0 Å². The summed E-state index contributed by atoms with van der Waals surface area (Å²) in [5, 5.41) is 3.93. The van der Waals surface area contributed by atoms with Gasteiger partial charge in [0.2, 0.25) is 5.91 Å². The highest BCUT2D eigenvalue weighted by Crippen LogP contribution is 2.42. The third-order valence-corrected chi connectivity index (χ3v) is 4.91. The Morgan fingerprint density at radius 1 is 1.61 bits per heavy atom. The number of nitrogens with one attached hydrogen (secondary N) is 1. The number of thiazole rings is 1. The van der Waals surface area contributed by atoms with Gasteiger partial charge in [-0.05, 0) is 31.2 Å². The Hall–Kier alpha value is -0.940. The van der Waals surface area contributed by atoms with Crippen LogP contribution in [0, 0.1) is 5.41 Å². The predicted molar refractivity (Wildman–Crippen MR) is 73.3 cm³/mol. The number of carbonyl (C=O) groups is 1. The lowest BCUT2D eigenvalue weighted by atomic mass is 9.66. The van der Waals surface area contributed by atoms with Crippen LogP contribution >= 0.6 is 11.3 Å². The predicted octanol–water partition coefficient (Wildman–Crippen LogP) is 1.84. The molecular formula is C13H21N3OS. The Labute approximate surface area is 112 Å². The molecule has 0 saturated heterocycles. The van der Waals surface area contributed by atoms with E-state index in [1.807, 2.05) is 6.20 Å². The second-order valence-corrected chi connectivity index (χ2v) is 6.28. The summed E-state index contributed by atoms with van der Waals surface area (Å²) in [5.74, 6) is 0.105. The molecule has 0 atom stereocenters. The van der Waals surface area contributed by atoms with Crippen molar-refractivity contribution in [3.8, 4) is 0 Å². The lowest BCUT2D eigenvalue weighted by molar-refractivity contribution is -0.124. The van der Waals surface area contributed by atoms with Crippen molar-refractivity contribution in [2.75, 3.05) is 6.54 Å². The number of nitrogens with zero attached hydrogens (tertiary/aromatic N) is 1. The first-order chi connectivity index (χ1) is 8.67. The van der Waals surface area contributed by atoms with E-state index in [2.05, 4.69) is 17.2 Å². The molecule has 1 aliphatic rings. The largest absolute Gasteiger partial charge is 0.350 e. The molecule has 1 aromatic rings. The SMILES string of the molecule is CCc1cnc(CNC(=O)CC2(CN)CCC2)s1. The Morgan fingerprint density at radius 3 is 2.89 bits per heavy atom. The first kappa shape index (κ1) is 13.5. The van der Waals surface area contributed by atoms with Crippen molar-refractivity contribution in [2.24, 2.45) is 11.1 Å². The molecule has 1 fully saturated rings. The van der Waals surface area contributed by atoms with E-state index in [0.29, 0.717) is 19.5 Å². The molecular weight excluding hydrogens is 246 g/mol. The van der Waals surface area contributed by atoms with Crippen molar-refractivity contribution in [3.63, 3.8) is 0 Å². The van der Waals surface area contributed by atoms with Gasteiger partial charge in [-0.1, -0.05) is 13.3 Å². The zero-order chi connectivity index (χ0) is 13.0. The topological polar surface area (TPSA) is 68.0 Å². The van der Waals surface area contributed by atoms with E-state index < -0.39 is 0 Å². The fourth-order valence-corrected chi connectivity index (χ4v) is 3.10. The van der Waals surface area contributed by atoms with Gasteiger partial charge in [-0.3, -0.25) is 4.79 Å². The Balaban J connectivity index is 1.77. The van der Waals surface area contributed by atoms with E-state index in [-0.39, 0.29) is 11.3 Å². The zero-order valence-electron chi connectivity index (χ0n) is 10.9. The van der Waals surface area contributed by atoms with E-state index in [1.165, 1.54) is 11.3 Å². The van der Waals surface area contributed by atoms with Gasteiger partial charge in [0.15, 0.2) is 0 Å². The maximum Gasteiger partial charge on any atom is 0.220 e. The molecule has 2 rings (SSSR count). The lowest BCUT2D eigenvalue weighted by Crippen LogP contribution is -2.41. The number of hydrogen-bond donors (Lipinski definition) is 2. The Morgan fingerprint density at radius 2 is 2.39 bits per heavy atom. The van der Waals surface area contributed by atoms with Gasteiger partial charge in [0, 0.05) is 17.5 Å². The summed E-state index contributed by atoms with van der Waals surface area (Å²) in [6.07, 6.45) is 6.84. The van der Waals surface area contributed by atoms with Gasteiger partial charge in [-0.2, -0.15) is 0 Å². The van der Waals surface area contributed by atoms with E-state index in [1.54, 1.807) is 11.3 Å². The highest BCUT2D eigenvalue weighted by Gasteiger charge is 2.37. The van der Waals surface area contributed by atoms with Crippen LogP contribution in [0.2, 0.25) is 0 Å². The standard InChI is InChI=1S/C13H21N3OS/c1-2-10-7-16-12(18-10)8-15-11(17)6-13(9-14)4-3-5-13/h7H,2-6,8-9,14H2,1H3,(H,15,17). The molecule has 0 aliphatic heterocycles. The van der Waals surface area contributed by atoms with Crippen molar-refractivity contribution in [1.82, 2.24) is 10.3 Å². The smallest absolute Gasteiger partial charge is 0.220 e.